The maximum absolute atomic E-state index is 13.3. The highest BCUT2D eigenvalue weighted by molar-refractivity contribution is 6.05. The number of carbonyl (C=O) groups excluding carboxylic acids is 1. The summed E-state index contributed by atoms with van der Waals surface area (Å²) in [6.07, 6.45) is 0. The predicted octanol–water partition coefficient (Wildman–Crippen LogP) is 4.98. The van der Waals surface area contributed by atoms with E-state index in [4.69, 9.17) is 14.2 Å². The van der Waals surface area contributed by atoms with E-state index in [1.807, 2.05) is 30.3 Å². The molecule has 0 unspecified atom stereocenters. The first-order valence-corrected chi connectivity index (χ1v) is 9.02. The highest BCUT2D eigenvalue weighted by atomic mass is 19.1. The van der Waals surface area contributed by atoms with Crippen molar-refractivity contribution in [3.05, 3.63) is 83.2 Å². The van der Waals surface area contributed by atoms with Gasteiger partial charge in [-0.05, 0) is 48.4 Å². The van der Waals surface area contributed by atoms with Gasteiger partial charge < -0.3 is 19.5 Å². The van der Waals surface area contributed by atoms with Crippen molar-refractivity contribution in [2.75, 3.05) is 19.5 Å². The number of ether oxygens (including phenoxy) is 3. The number of nitrogens with one attached hydrogen (secondary N) is 1. The molecule has 1 amide bonds. The minimum Gasteiger partial charge on any atom is -0.493 e. The highest BCUT2D eigenvalue weighted by Gasteiger charge is 2.18. The van der Waals surface area contributed by atoms with Crippen LogP contribution in [0.25, 0.3) is 0 Å². The molecule has 0 saturated heterocycles. The summed E-state index contributed by atoms with van der Waals surface area (Å²) in [5, 5.41) is 2.78. The molecule has 0 aliphatic rings. The van der Waals surface area contributed by atoms with Gasteiger partial charge in [-0.2, -0.15) is 0 Å². The second-order valence-corrected chi connectivity index (χ2v) is 6.40. The zero-order valence-corrected chi connectivity index (χ0v) is 16.5. The van der Waals surface area contributed by atoms with Gasteiger partial charge in [0, 0.05) is 11.3 Å². The molecule has 0 bridgehead atoms. The molecule has 1 N–H and O–H groups in total. The molecule has 0 aromatic heterocycles. The zero-order chi connectivity index (χ0) is 20.8. The number of halogens is 1. The molecule has 0 heterocycles. The van der Waals surface area contributed by atoms with E-state index in [9.17, 15) is 9.18 Å². The van der Waals surface area contributed by atoms with Crippen molar-refractivity contribution in [3.8, 4) is 17.2 Å². The number of benzene rings is 3. The summed E-state index contributed by atoms with van der Waals surface area (Å²) in [5.41, 5.74) is 2.47. The van der Waals surface area contributed by atoms with Crippen molar-refractivity contribution in [2.24, 2.45) is 0 Å². The molecule has 150 valence electrons. The standard InChI is InChI=1S/C23H22FNO4/c1-15-11-18(24)9-10-19(15)25-23(26)17-12-20(27-2)22(21(13-17)28-3)29-14-16-7-5-4-6-8-16/h4-13H,14H2,1-3H3,(H,25,26). The molecule has 6 heteroatoms. The molecule has 0 fully saturated rings. The van der Waals surface area contributed by atoms with Crippen LogP contribution in [0.15, 0.2) is 60.7 Å². The Morgan fingerprint density at radius 3 is 2.21 bits per heavy atom. The Balaban J connectivity index is 1.85. The third-order valence-electron chi connectivity index (χ3n) is 4.39. The van der Waals surface area contributed by atoms with E-state index in [0.29, 0.717) is 40.7 Å². The van der Waals surface area contributed by atoms with Crippen molar-refractivity contribution in [1.82, 2.24) is 0 Å². The largest absolute Gasteiger partial charge is 0.493 e. The summed E-state index contributed by atoms with van der Waals surface area (Å²) in [7, 11) is 2.99. The minimum atomic E-state index is -0.370. The fourth-order valence-electron chi connectivity index (χ4n) is 2.84. The molecular formula is C23H22FNO4. The van der Waals surface area contributed by atoms with Crippen LogP contribution >= 0.6 is 0 Å². The van der Waals surface area contributed by atoms with Crippen LogP contribution in [0.1, 0.15) is 21.5 Å². The lowest BCUT2D eigenvalue weighted by Crippen LogP contribution is -2.13. The van der Waals surface area contributed by atoms with Gasteiger partial charge in [0.2, 0.25) is 5.75 Å². The lowest BCUT2D eigenvalue weighted by atomic mass is 10.1. The Hall–Kier alpha value is -3.54. The quantitative estimate of drug-likeness (QED) is 0.613. The van der Waals surface area contributed by atoms with E-state index in [-0.39, 0.29) is 11.7 Å². The molecule has 29 heavy (non-hydrogen) atoms. The van der Waals surface area contributed by atoms with Gasteiger partial charge in [0.1, 0.15) is 12.4 Å². The van der Waals surface area contributed by atoms with Gasteiger partial charge >= 0.3 is 0 Å². The van der Waals surface area contributed by atoms with Crippen LogP contribution in [0.2, 0.25) is 0 Å². The zero-order valence-electron chi connectivity index (χ0n) is 16.5. The molecule has 3 rings (SSSR count). The van der Waals surface area contributed by atoms with Crippen molar-refractivity contribution in [2.45, 2.75) is 13.5 Å². The summed E-state index contributed by atoms with van der Waals surface area (Å²) >= 11 is 0. The molecule has 0 spiro atoms. The van der Waals surface area contributed by atoms with Gasteiger partial charge in [0.25, 0.3) is 5.91 Å². The number of aryl methyl sites for hydroxylation is 1. The van der Waals surface area contributed by atoms with Crippen molar-refractivity contribution >= 4 is 11.6 Å². The Morgan fingerprint density at radius 2 is 1.62 bits per heavy atom. The number of hydrogen-bond donors (Lipinski definition) is 1. The van der Waals surface area contributed by atoms with Crippen LogP contribution < -0.4 is 19.5 Å². The second kappa shape index (κ2) is 9.10. The number of anilines is 1. The topological polar surface area (TPSA) is 56.8 Å². The fourth-order valence-corrected chi connectivity index (χ4v) is 2.84. The average Bonchev–Trinajstić information content (AvgIpc) is 2.74. The Bertz CT molecular complexity index is 980. The SMILES string of the molecule is COc1cc(C(=O)Nc2ccc(F)cc2C)cc(OC)c1OCc1ccccc1. The van der Waals surface area contributed by atoms with Gasteiger partial charge in [0.15, 0.2) is 11.5 Å². The maximum Gasteiger partial charge on any atom is 0.255 e. The van der Waals surface area contributed by atoms with Crippen molar-refractivity contribution in [3.63, 3.8) is 0 Å². The van der Waals surface area contributed by atoms with Crippen molar-refractivity contribution < 1.29 is 23.4 Å². The van der Waals surface area contributed by atoms with Crippen molar-refractivity contribution in [1.29, 1.82) is 0 Å². The maximum atomic E-state index is 13.3. The minimum absolute atomic E-state index is 0.327. The normalized spacial score (nSPS) is 10.3. The molecule has 5 nitrogen and oxygen atoms in total. The molecule has 0 atom stereocenters. The average molecular weight is 395 g/mol. The molecule has 0 aliphatic heterocycles. The number of rotatable bonds is 7. The number of hydrogen-bond acceptors (Lipinski definition) is 4. The third-order valence-corrected chi connectivity index (χ3v) is 4.39. The van der Waals surface area contributed by atoms with Gasteiger partial charge in [0.05, 0.1) is 14.2 Å². The molecule has 0 aliphatic carbocycles. The Labute approximate surface area is 169 Å². The van der Waals surface area contributed by atoms with Gasteiger partial charge in [-0.3, -0.25) is 4.79 Å². The summed E-state index contributed by atoms with van der Waals surface area (Å²) in [5.74, 6) is 0.436. The monoisotopic (exact) mass is 395 g/mol. The number of carbonyl (C=O) groups is 1. The fraction of sp³-hybridized carbons (Fsp3) is 0.174. The van der Waals surface area contributed by atoms with Crippen LogP contribution in [0.4, 0.5) is 10.1 Å². The lowest BCUT2D eigenvalue weighted by molar-refractivity contribution is 0.102. The van der Waals surface area contributed by atoms with E-state index < -0.39 is 0 Å². The molecular weight excluding hydrogens is 373 g/mol. The third kappa shape index (κ3) is 4.85. The first kappa shape index (κ1) is 20.2. The van der Waals surface area contributed by atoms with Gasteiger partial charge in [-0.25, -0.2) is 4.39 Å². The predicted molar refractivity (Wildman–Crippen MR) is 109 cm³/mol. The van der Waals surface area contributed by atoms with Gasteiger partial charge in [-0.1, -0.05) is 30.3 Å². The van der Waals surface area contributed by atoms with E-state index in [2.05, 4.69) is 5.32 Å². The van der Waals surface area contributed by atoms with Crippen LogP contribution in [0.3, 0.4) is 0 Å². The molecule has 0 saturated carbocycles. The molecule has 3 aromatic carbocycles. The lowest BCUT2D eigenvalue weighted by Gasteiger charge is -2.16. The van der Waals surface area contributed by atoms with E-state index in [1.165, 1.54) is 32.4 Å². The van der Waals surface area contributed by atoms with E-state index in [0.717, 1.165) is 5.56 Å². The van der Waals surface area contributed by atoms with Crippen LogP contribution in [-0.2, 0) is 6.61 Å². The highest BCUT2D eigenvalue weighted by Crippen LogP contribution is 2.39. The number of amides is 1. The first-order chi connectivity index (χ1) is 14.0. The van der Waals surface area contributed by atoms with E-state index in [1.54, 1.807) is 19.1 Å². The Morgan fingerprint density at radius 1 is 0.966 bits per heavy atom. The second-order valence-electron chi connectivity index (χ2n) is 6.40. The summed E-state index contributed by atoms with van der Waals surface area (Å²) in [6.45, 7) is 2.05. The summed E-state index contributed by atoms with van der Waals surface area (Å²) < 4.78 is 30.0. The van der Waals surface area contributed by atoms with Crippen LogP contribution in [0, 0.1) is 12.7 Å². The summed E-state index contributed by atoms with van der Waals surface area (Å²) in [6, 6.07) is 17.0. The first-order valence-electron chi connectivity index (χ1n) is 9.02. The Kier molecular flexibility index (Phi) is 6.34. The number of methoxy groups -OCH3 is 2. The summed E-state index contributed by atoms with van der Waals surface area (Å²) in [4.78, 5) is 12.7. The van der Waals surface area contributed by atoms with Crippen LogP contribution in [0.5, 0.6) is 17.2 Å². The van der Waals surface area contributed by atoms with Gasteiger partial charge in [-0.15, -0.1) is 0 Å². The van der Waals surface area contributed by atoms with E-state index >= 15 is 0 Å². The molecule has 0 radical (unpaired) electrons. The molecule has 3 aromatic rings. The smallest absolute Gasteiger partial charge is 0.255 e. The van der Waals surface area contributed by atoms with Crippen LogP contribution in [-0.4, -0.2) is 20.1 Å².